The first-order valence-corrected chi connectivity index (χ1v) is 8.20. The van der Waals surface area contributed by atoms with Gasteiger partial charge in [0.05, 0.1) is 24.4 Å². The van der Waals surface area contributed by atoms with E-state index in [4.69, 9.17) is 9.47 Å². The number of nitrogens with one attached hydrogen (secondary N) is 1. The van der Waals surface area contributed by atoms with Crippen molar-refractivity contribution >= 4 is 11.9 Å². The zero-order chi connectivity index (χ0) is 17.0. The van der Waals surface area contributed by atoms with Gasteiger partial charge in [0.25, 0.3) is 0 Å². The summed E-state index contributed by atoms with van der Waals surface area (Å²) in [4.78, 5) is 25.0. The summed E-state index contributed by atoms with van der Waals surface area (Å²) < 4.78 is 10.5. The van der Waals surface area contributed by atoms with Gasteiger partial charge in [-0.25, -0.2) is 9.59 Å². The molecular formula is C18H25NO4. The number of allylic oxidation sites excluding steroid dienone is 4. The minimum atomic E-state index is -0.364. The van der Waals surface area contributed by atoms with E-state index in [2.05, 4.69) is 17.5 Å². The number of ether oxygens (including phenoxy) is 2. The molecule has 1 atom stereocenters. The van der Waals surface area contributed by atoms with Crippen LogP contribution >= 0.6 is 0 Å². The molecule has 2 aliphatic rings. The quantitative estimate of drug-likeness (QED) is 0.623. The van der Waals surface area contributed by atoms with Crippen LogP contribution in [0.4, 0.5) is 0 Å². The molecule has 0 spiro atoms. The largest absolute Gasteiger partial charge is 0.463 e. The van der Waals surface area contributed by atoms with E-state index in [9.17, 15) is 9.59 Å². The molecule has 0 amide bonds. The smallest absolute Gasteiger partial charge is 0.336 e. The highest BCUT2D eigenvalue weighted by Crippen LogP contribution is 2.40. The highest BCUT2D eigenvalue weighted by molar-refractivity contribution is 5.98. The van der Waals surface area contributed by atoms with E-state index in [0.717, 1.165) is 24.2 Å². The molecule has 0 aromatic heterocycles. The maximum atomic E-state index is 12.5. The van der Waals surface area contributed by atoms with Gasteiger partial charge in [0.1, 0.15) is 0 Å². The molecule has 0 aromatic carbocycles. The summed E-state index contributed by atoms with van der Waals surface area (Å²) in [6.45, 7) is 7.87. The zero-order valence-corrected chi connectivity index (χ0v) is 14.3. The van der Waals surface area contributed by atoms with Gasteiger partial charge in [0.2, 0.25) is 0 Å². The Morgan fingerprint density at radius 2 is 1.61 bits per heavy atom. The number of hydrogen-bond donors (Lipinski definition) is 1. The van der Waals surface area contributed by atoms with Crippen molar-refractivity contribution in [3.63, 3.8) is 0 Å². The minimum absolute atomic E-state index is 0.112. The summed E-state index contributed by atoms with van der Waals surface area (Å²) in [7, 11) is 0. The summed E-state index contributed by atoms with van der Waals surface area (Å²) in [6, 6.07) is 0. The van der Waals surface area contributed by atoms with Gasteiger partial charge in [-0.15, -0.1) is 0 Å². The molecule has 0 saturated carbocycles. The van der Waals surface area contributed by atoms with Gasteiger partial charge >= 0.3 is 11.9 Å². The molecule has 1 aliphatic carbocycles. The highest BCUT2D eigenvalue weighted by Gasteiger charge is 2.40. The molecule has 1 N–H and O–H groups in total. The third-order valence-corrected chi connectivity index (χ3v) is 4.27. The predicted molar refractivity (Wildman–Crippen MR) is 87.2 cm³/mol. The Morgan fingerprint density at radius 1 is 1.09 bits per heavy atom. The average molecular weight is 319 g/mol. The zero-order valence-electron chi connectivity index (χ0n) is 14.3. The molecule has 126 valence electrons. The monoisotopic (exact) mass is 319 g/mol. The van der Waals surface area contributed by atoms with E-state index < -0.39 is 0 Å². The van der Waals surface area contributed by atoms with Crippen LogP contribution in [0.15, 0.2) is 34.7 Å². The van der Waals surface area contributed by atoms with E-state index in [1.807, 2.05) is 13.8 Å². The van der Waals surface area contributed by atoms with Crippen molar-refractivity contribution in [2.24, 2.45) is 11.8 Å². The molecule has 1 heterocycles. The van der Waals surface area contributed by atoms with Crippen LogP contribution in [0.1, 0.15) is 40.5 Å². The Kier molecular flexibility index (Phi) is 5.64. The standard InChI is InChI=1S/C18H25NO4/c1-5-22-17(20)14-11(3)19-12(4)15(18(21)23-6-2)16(14)13-9-7-8-10-13/h7,9,13,16,19H,5-6,8,10H2,1-4H3. The van der Waals surface area contributed by atoms with Crippen molar-refractivity contribution in [2.45, 2.75) is 40.5 Å². The second-order valence-corrected chi connectivity index (χ2v) is 5.79. The second kappa shape index (κ2) is 7.49. The van der Waals surface area contributed by atoms with E-state index in [0.29, 0.717) is 24.4 Å². The molecule has 0 radical (unpaired) electrons. The molecule has 0 fully saturated rings. The number of esters is 2. The lowest BCUT2D eigenvalue weighted by Gasteiger charge is -2.33. The van der Waals surface area contributed by atoms with Crippen LogP contribution in [-0.4, -0.2) is 25.2 Å². The molecule has 2 rings (SSSR count). The molecule has 0 aromatic rings. The summed E-state index contributed by atoms with van der Waals surface area (Å²) in [6.07, 6.45) is 6.06. The Hall–Kier alpha value is -2.04. The maximum Gasteiger partial charge on any atom is 0.336 e. The topological polar surface area (TPSA) is 64.6 Å². The Morgan fingerprint density at radius 3 is 2.00 bits per heavy atom. The number of dihydropyridines is 1. The highest BCUT2D eigenvalue weighted by atomic mass is 16.5. The van der Waals surface area contributed by atoms with E-state index in [1.165, 1.54) is 0 Å². The predicted octanol–water partition coefficient (Wildman–Crippen LogP) is 2.85. The Labute approximate surface area is 137 Å². The van der Waals surface area contributed by atoms with Crippen LogP contribution in [0.3, 0.4) is 0 Å². The third-order valence-electron chi connectivity index (χ3n) is 4.27. The molecule has 1 aliphatic heterocycles. The number of hydrogen-bond acceptors (Lipinski definition) is 5. The van der Waals surface area contributed by atoms with Crippen LogP contribution < -0.4 is 5.32 Å². The fourth-order valence-electron chi connectivity index (χ4n) is 3.37. The van der Waals surface area contributed by atoms with E-state index in [1.54, 1.807) is 13.8 Å². The molecule has 0 saturated heterocycles. The summed E-state index contributed by atoms with van der Waals surface area (Å²) >= 11 is 0. The van der Waals surface area contributed by atoms with Gasteiger partial charge in [0.15, 0.2) is 0 Å². The summed E-state index contributed by atoms with van der Waals surface area (Å²) in [5.74, 6) is -0.928. The van der Waals surface area contributed by atoms with E-state index in [-0.39, 0.29) is 23.8 Å². The van der Waals surface area contributed by atoms with Crippen LogP contribution in [0, 0.1) is 11.8 Å². The van der Waals surface area contributed by atoms with Gasteiger partial charge in [-0.05, 0) is 46.5 Å². The minimum Gasteiger partial charge on any atom is -0.463 e. The van der Waals surface area contributed by atoms with Gasteiger partial charge in [-0.2, -0.15) is 0 Å². The lowest BCUT2D eigenvalue weighted by molar-refractivity contribution is -0.140. The van der Waals surface area contributed by atoms with Crippen molar-refractivity contribution in [1.29, 1.82) is 0 Å². The Bertz CT molecular complexity index is 546. The van der Waals surface area contributed by atoms with Crippen molar-refractivity contribution in [3.05, 3.63) is 34.7 Å². The van der Waals surface area contributed by atoms with Gasteiger partial charge < -0.3 is 14.8 Å². The molecular weight excluding hydrogens is 294 g/mol. The molecule has 23 heavy (non-hydrogen) atoms. The third kappa shape index (κ3) is 3.49. The Balaban J connectivity index is 2.47. The van der Waals surface area contributed by atoms with Crippen molar-refractivity contribution < 1.29 is 19.1 Å². The first kappa shape index (κ1) is 17.3. The van der Waals surface area contributed by atoms with Crippen molar-refractivity contribution in [2.75, 3.05) is 13.2 Å². The SMILES string of the molecule is CCOC(=O)C1=C(C)NC(C)=C(C(=O)OCC)C1C1C=CCC1. The van der Waals surface area contributed by atoms with Gasteiger partial charge in [-0.1, -0.05) is 12.2 Å². The van der Waals surface area contributed by atoms with Gasteiger partial charge in [-0.3, -0.25) is 0 Å². The fourth-order valence-corrected chi connectivity index (χ4v) is 3.37. The lowest BCUT2D eigenvalue weighted by Crippen LogP contribution is -2.36. The molecule has 1 unspecified atom stereocenters. The number of rotatable bonds is 5. The molecule has 0 bridgehead atoms. The molecule has 5 nitrogen and oxygen atoms in total. The van der Waals surface area contributed by atoms with Crippen LogP contribution in [0.25, 0.3) is 0 Å². The average Bonchev–Trinajstić information content (AvgIpc) is 3.00. The number of carbonyl (C=O) groups excluding carboxylic acids is 2. The maximum absolute atomic E-state index is 12.5. The van der Waals surface area contributed by atoms with Crippen LogP contribution in [0.2, 0.25) is 0 Å². The molecule has 5 heteroatoms. The summed E-state index contributed by atoms with van der Waals surface area (Å²) in [5.41, 5.74) is 2.58. The second-order valence-electron chi connectivity index (χ2n) is 5.79. The summed E-state index contributed by atoms with van der Waals surface area (Å²) in [5, 5.41) is 3.14. The van der Waals surface area contributed by atoms with Gasteiger partial charge in [0, 0.05) is 17.3 Å². The van der Waals surface area contributed by atoms with Crippen LogP contribution in [-0.2, 0) is 19.1 Å². The first-order valence-electron chi connectivity index (χ1n) is 8.20. The van der Waals surface area contributed by atoms with Crippen molar-refractivity contribution in [1.82, 2.24) is 5.32 Å². The first-order chi connectivity index (χ1) is 11.0. The van der Waals surface area contributed by atoms with Crippen LogP contribution in [0.5, 0.6) is 0 Å². The number of carbonyl (C=O) groups is 2. The van der Waals surface area contributed by atoms with Crippen molar-refractivity contribution in [3.8, 4) is 0 Å². The normalized spacial score (nSPS) is 21.5. The van der Waals surface area contributed by atoms with E-state index >= 15 is 0 Å². The fraction of sp³-hybridized carbons (Fsp3) is 0.556. The lowest BCUT2D eigenvalue weighted by atomic mass is 9.76.